The number of amides is 2. The number of phenolic OH excluding ortho intramolecular Hbond substituents is 1. The van der Waals surface area contributed by atoms with Crippen molar-refractivity contribution in [2.45, 2.75) is 13.8 Å². The van der Waals surface area contributed by atoms with Gasteiger partial charge in [0.05, 0.1) is 6.54 Å². The van der Waals surface area contributed by atoms with E-state index in [9.17, 15) is 14.7 Å². The molecule has 0 atom stereocenters. The van der Waals surface area contributed by atoms with Gasteiger partial charge in [-0.3, -0.25) is 9.59 Å². The van der Waals surface area contributed by atoms with Crippen molar-refractivity contribution < 1.29 is 19.4 Å². The van der Waals surface area contributed by atoms with Gasteiger partial charge in [0.2, 0.25) is 5.91 Å². The molecule has 0 fully saturated rings. The van der Waals surface area contributed by atoms with Crippen LogP contribution in [0.3, 0.4) is 0 Å². The Kier molecular flexibility index (Phi) is 5.42. The van der Waals surface area contributed by atoms with Gasteiger partial charge in [-0.2, -0.15) is 0 Å². The van der Waals surface area contributed by atoms with Crippen LogP contribution in [0.15, 0.2) is 36.4 Å². The highest BCUT2D eigenvalue weighted by Gasteiger charge is 2.10. The second kappa shape index (κ2) is 7.50. The number of nitrogens with two attached hydrogens (primary N) is 1. The predicted molar refractivity (Wildman–Crippen MR) is 90.4 cm³/mol. The van der Waals surface area contributed by atoms with Crippen LogP contribution >= 0.6 is 0 Å². The predicted octanol–water partition coefficient (Wildman–Crippen LogP) is 1.92. The molecule has 0 aromatic heterocycles. The number of rotatable bonds is 6. The number of primary amides is 1. The maximum Gasteiger partial charge on any atom is 0.251 e. The first-order chi connectivity index (χ1) is 11.4. The summed E-state index contributed by atoms with van der Waals surface area (Å²) in [5.74, 6) is -0.751. The minimum absolute atomic E-state index is 0.173. The van der Waals surface area contributed by atoms with E-state index in [4.69, 9.17) is 10.5 Å². The van der Waals surface area contributed by atoms with Crippen molar-refractivity contribution in [2.75, 3.05) is 13.2 Å². The maximum absolute atomic E-state index is 12.1. The fraction of sp³-hybridized carbons (Fsp3) is 0.222. The van der Waals surface area contributed by atoms with Crippen molar-refractivity contribution in [2.24, 2.45) is 5.73 Å². The van der Waals surface area contributed by atoms with Crippen molar-refractivity contribution in [1.82, 2.24) is 5.32 Å². The lowest BCUT2D eigenvalue weighted by atomic mass is 10.0. The highest BCUT2D eigenvalue weighted by molar-refractivity contribution is 5.96. The quantitative estimate of drug-likeness (QED) is 0.705. The minimum atomic E-state index is -0.627. The second-order valence-electron chi connectivity index (χ2n) is 5.40. The Morgan fingerprint density at radius 2 is 1.96 bits per heavy atom. The normalized spacial score (nSPS) is 10.2. The van der Waals surface area contributed by atoms with Gasteiger partial charge in [-0.1, -0.05) is 12.1 Å². The van der Waals surface area contributed by atoms with E-state index in [0.29, 0.717) is 5.56 Å². The monoisotopic (exact) mass is 328 g/mol. The number of hydrogen-bond donors (Lipinski definition) is 3. The summed E-state index contributed by atoms with van der Waals surface area (Å²) in [5, 5.41) is 12.5. The van der Waals surface area contributed by atoms with E-state index in [2.05, 4.69) is 5.32 Å². The van der Waals surface area contributed by atoms with Gasteiger partial charge >= 0.3 is 0 Å². The SMILES string of the molecule is Cc1cccc(C(=O)NCCOc2ccc(C(N)=O)cc2O)c1C. The number of aryl methyl sites for hydroxylation is 1. The number of phenols is 1. The van der Waals surface area contributed by atoms with Crippen LogP contribution in [0.4, 0.5) is 0 Å². The van der Waals surface area contributed by atoms with Crippen LogP contribution in [0, 0.1) is 13.8 Å². The molecule has 6 nitrogen and oxygen atoms in total. The zero-order chi connectivity index (χ0) is 17.7. The van der Waals surface area contributed by atoms with Gasteiger partial charge in [0.1, 0.15) is 6.61 Å². The average molecular weight is 328 g/mol. The molecule has 0 aliphatic carbocycles. The Hall–Kier alpha value is -3.02. The summed E-state index contributed by atoms with van der Waals surface area (Å²) in [7, 11) is 0. The zero-order valence-electron chi connectivity index (χ0n) is 13.6. The number of ether oxygens (including phenoxy) is 1. The Morgan fingerprint density at radius 3 is 2.62 bits per heavy atom. The second-order valence-corrected chi connectivity index (χ2v) is 5.40. The first kappa shape index (κ1) is 17.3. The summed E-state index contributed by atoms with van der Waals surface area (Å²) < 4.78 is 5.39. The molecule has 0 saturated carbocycles. The molecule has 24 heavy (non-hydrogen) atoms. The Morgan fingerprint density at radius 1 is 1.21 bits per heavy atom. The van der Waals surface area contributed by atoms with Crippen LogP contribution in [0.5, 0.6) is 11.5 Å². The Balaban J connectivity index is 1.88. The van der Waals surface area contributed by atoms with Crippen molar-refractivity contribution in [3.63, 3.8) is 0 Å². The molecule has 0 aliphatic heterocycles. The standard InChI is InChI=1S/C18H20N2O4/c1-11-4-3-5-14(12(11)2)18(23)20-8-9-24-16-7-6-13(17(19)22)10-15(16)21/h3-7,10,21H,8-9H2,1-2H3,(H2,19,22)(H,20,23). The average Bonchev–Trinajstić information content (AvgIpc) is 2.54. The van der Waals surface area contributed by atoms with Gasteiger partial charge in [-0.25, -0.2) is 0 Å². The summed E-state index contributed by atoms with van der Waals surface area (Å²) in [5.41, 5.74) is 7.95. The molecule has 2 aromatic rings. The third-order valence-electron chi connectivity index (χ3n) is 3.74. The van der Waals surface area contributed by atoms with E-state index in [-0.39, 0.29) is 36.1 Å². The third kappa shape index (κ3) is 4.04. The van der Waals surface area contributed by atoms with E-state index < -0.39 is 5.91 Å². The molecule has 2 aromatic carbocycles. The first-order valence-corrected chi connectivity index (χ1v) is 7.50. The van der Waals surface area contributed by atoms with Gasteiger partial charge < -0.3 is 20.9 Å². The fourth-order valence-corrected chi connectivity index (χ4v) is 2.21. The van der Waals surface area contributed by atoms with Crippen LogP contribution in [0.25, 0.3) is 0 Å². The van der Waals surface area contributed by atoms with Crippen LogP contribution in [-0.2, 0) is 0 Å². The van der Waals surface area contributed by atoms with Gasteiger partial charge in [0.15, 0.2) is 11.5 Å². The fourth-order valence-electron chi connectivity index (χ4n) is 2.21. The molecule has 126 valence electrons. The van der Waals surface area contributed by atoms with E-state index in [1.54, 1.807) is 6.07 Å². The Labute approximate surface area is 140 Å². The number of aromatic hydroxyl groups is 1. The molecule has 0 bridgehead atoms. The summed E-state index contributed by atoms with van der Waals surface area (Å²) in [4.78, 5) is 23.2. The molecule has 0 heterocycles. The molecular formula is C18H20N2O4. The number of carbonyl (C=O) groups is 2. The van der Waals surface area contributed by atoms with E-state index in [0.717, 1.165) is 11.1 Å². The van der Waals surface area contributed by atoms with Gasteiger partial charge in [0.25, 0.3) is 5.91 Å². The van der Waals surface area contributed by atoms with Crippen molar-refractivity contribution in [3.8, 4) is 11.5 Å². The van der Waals surface area contributed by atoms with Gasteiger partial charge in [0, 0.05) is 11.1 Å². The van der Waals surface area contributed by atoms with Crippen molar-refractivity contribution in [1.29, 1.82) is 0 Å². The van der Waals surface area contributed by atoms with Gasteiger partial charge in [-0.15, -0.1) is 0 Å². The largest absolute Gasteiger partial charge is 0.504 e. The van der Waals surface area contributed by atoms with E-state index in [1.807, 2.05) is 26.0 Å². The van der Waals surface area contributed by atoms with E-state index >= 15 is 0 Å². The summed E-state index contributed by atoms with van der Waals surface area (Å²) in [6, 6.07) is 9.73. The van der Waals surface area contributed by atoms with Crippen LogP contribution in [0.2, 0.25) is 0 Å². The van der Waals surface area contributed by atoms with Crippen LogP contribution in [-0.4, -0.2) is 30.1 Å². The topological polar surface area (TPSA) is 102 Å². The number of benzene rings is 2. The lowest BCUT2D eigenvalue weighted by Crippen LogP contribution is -2.28. The van der Waals surface area contributed by atoms with Crippen molar-refractivity contribution in [3.05, 3.63) is 58.7 Å². The molecular weight excluding hydrogens is 308 g/mol. The maximum atomic E-state index is 12.1. The Bertz CT molecular complexity index is 772. The minimum Gasteiger partial charge on any atom is -0.504 e. The molecule has 4 N–H and O–H groups in total. The molecule has 0 radical (unpaired) electrons. The number of nitrogens with one attached hydrogen (secondary N) is 1. The number of hydrogen-bond acceptors (Lipinski definition) is 4. The smallest absolute Gasteiger partial charge is 0.251 e. The zero-order valence-corrected chi connectivity index (χ0v) is 13.6. The molecule has 0 aliphatic rings. The lowest BCUT2D eigenvalue weighted by molar-refractivity contribution is 0.0944. The van der Waals surface area contributed by atoms with Crippen LogP contribution in [0.1, 0.15) is 31.8 Å². The van der Waals surface area contributed by atoms with E-state index in [1.165, 1.54) is 18.2 Å². The molecule has 0 unspecified atom stereocenters. The summed E-state index contributed by atoms with van der Waals surface area (Å²) in [6.07, 6.45) is 0. The van der Waals surface area contributed by atoms with Crippen molar-refractivity contribution >= 4 is 11.8 Å². The summed E-state index contributed by atoms with van der Waals surface area (Å²) >= 11 is 0. The first-order valence-electron chi connectivity index (χ1n) is 7.50. The molecule has 0 saturated heterocycles. The molecule has 2 rings (SSSR count). The van der Waals surface area contributed by atoms with Gasteiger partial charge in [-0.05, 0) is 49.2 Å². The highest BCUT2D eigenvalue weighted by atomic mass is 16.5. The third-order valence-corrected chi connectivity index (χ3v) is 3.74. The highest BCUT2D eigenvalue weighted by Crippen LogP contribution is 2.26. The molecule has 6 heteroatoms. The lowest BCUT2D eigenvalue weighted by Gasteiger charge is -2.11. The van der Waals surface area contributed by atoms with Crippen LogP contribution < -0.4 is 15.8 Å². The molecule has 2 amide bonds. The molecule has 0 spiro atoms. The summed E-state index contributed by atoms with van der Waals surface area (Å²) in [6.45, 7) is 4.32. The number of carbonyl (C=O) groups excluding carboxylic acids is 2.